The number of anilines is 2. The molecule has 3 nitrogen and oxygen atoms in total. The lowest BCUT2D eigenvalue weighted by molar-refractivity contribution is 0.361. The topological polar surface area (TPSA) is 37.0 Å². The van der Waals surface area contributed by atoms with Gasteiger partial charge in [-0.2, -0.15) is 0 Å². The summed E-state index contributed by atoms with van der Waals surface area (Å²) in [5.74, 6) is -1.06. The number of pyridine rings is 1. The van der Waals surface area contributed by atoms with Gasteiger partial charge in [0.05, 0.1) is 0 Å². The van der Waals surface area contributed by atoms with Gasteiger partial charge in [-0.3, -0.25) is 0 Å². The molecular formula is C14H21F2N3. The summed E-state index contributed by atoms with van der Waals surface area (Å²) in [6, 6.07) is 0.879. The Morgan fingerprint density at radius 2 is 1.74 bits per heavy atom. The molecule has 19 heavy (non-hydrogen) atoms. The fourth-order valence-corrected chi connectivity index (χ4v) is 2.58. The Balaban J connectivity index is 2.08. The Hall–Kier alpha value is -1.39. The van der Waals surface area contributed by atoms with Crippen molar-refractivity contribution in [3.05, 3.63) is 17.7 Å². The molecule has 106 valence electrons. The first kappa shape index (κ1) is 14.0. The highest BCUT2D eigenvalue weighted by atomic mass is 19.1. The minimum Gasteiger partial charge on any atom is -0.368 e. The van der Waals surface area contributed by atoms with E-state index in [1.807, 2.05) is 6.92 Å². The molecule has 1 saturated carbocycles. The highest BCUT2D eigenvalue weighted by Crippen LogP contribution is 2.37. The van der Waals surface area contributed by atoms with Crippen molar-refractivity contribution in [3.63, 3.8) is 0 Å². The lowest BCUT2D eigenvalue weighted by Gasteiger charge is -2.24. The molecule has 0 amide bonds. The summed E-state index contributed by atoms with van der Waals surface area (Å²) in [5.41, 5.74) is 0.195. The van der Waals surface area contributed by atoms with E-state index >= 15 is 0 Å². The van der Waals surface area contributed by atoms with Crippen LogP contribution in [0.15, 0.2) is 6.07 Å². The lowest BCUT2D eigenvalue weighted by atomic mass is 9.89. The van der Waals surface area contributed by atoms with Crippen molar-refractivity contribution in [1.82, 2.24) is 4.98 Å². The zero-order valence-corrected chi connectivity index (χ0v) is 11.5. The molecule has 1 fully saturated rings. The van der Waals surface area contributed by atoms with Gasteiger partial charge in [-0.15, -0.1) is 0 Å². The van der Waals surface area contributed by atoms with Crippen LogP contribution in [0.3, 0.4) is 0 Å². The Morgan fingerprint density at radius 3 is 2.32 bits per heavy atom. The Bertz CT molecular complexity index is 443. The third kappa shape index (κ3) is 3.33. The lowest BCUT2D eigenvalue weighted by Crippen LogP contribution is -2.24. The molecule has 0 spiro atoms. The van der Waals surface area contributed by atoms with Crippen molar-refractivity contribution in [2.75, 3.05) is 23.7 Å². The van der Waals surface area contributed by atoms with Gasteiger partial charge in [0.25, 0.3) is 0 Å². The molecule has 0 unspecified atom stereocenters. The van der Waals surface area contributed by atoms with E-state index in [1.54, 1.807) is 0 Å². The first-order valence-electron chi connectivity index (χ1n) is 6.88. The number of rotatable bonds is 5. The van der Waals surface area contributed by atoms with Crippen molar-refractivity contribution < 1.29 is 8.78 Å². The van der Waals surface area contributed by atoms with Crippen molar-refractivity contribution >= 4 is 11.6 Å². The highest BCUT2D eigenvalue weighted by Gasteiger charge is 2.28. The van der Waals surface area contributed by atoms with Crippen molar-refractivity contribution in [2.45, 2.75) is 39.5 Å². The fourth-order valence-electron chi connectivity index (χ4n) is 2.58. The van der Waals surface area contributed by atoms with Crippen LogP contribution in [0, 0.1) is 17.0 Å². The second kappa shape index (κ2) is 5.72. The van der Waals surface area contributed by atoms with Crippen LogP contribution in [0.5, 0.6) is 0 Å². The standard InChI is InChI=1S/C14H21F2N3/c1-3-17-12-10(15)8-11(16)13(19-12)18-9-14(2)6-4-5-7-14/h8H,3-7,9H2,1-2H3,(H2,17,18,19). The van der Waals surface area contributed by atoms with Crippen LogP contribution < -0.4 is 10.6 Å². The normalized spacial score (nSPS) is 17.5. The van der Waals surface area contributed by atoms with Gasteiger partial charge in [0.2, 0.25) is 0 Å². The second-order valence-corrected chi connectivity index (χ2v) is 5.55. The molecular weight excluding hydrogens is 248 g/mol. The average molecular weight is 269 g/mol. The van der Waals surface area contributed by atoms with Crippen molar-refractivity contribution in [3.8, 4) is 0 Å². The first-order chi connectivity index (χ1) is 9.04. The quantitative estimate of drug-likeness (QED) is 0.854. The van der Waals surface area contributed by atoms with Crippen molar-refractivity contribution in [2.24, 2.45) is 5.41 Å². The van der Waals surface area contributed by atoms with Crippen LogP contribution in [0.4, 0.5) is 20.4 Å². The smallest absolute Gasteiger partial charge is 0.168 e. The van der Waals surface area contributed by atoms with E-state index in [2.05, 4.69) is 22.5 Å². The Labute approximate surface area is 112 Å². The number of hydrogen-bond donors (Lipinski definition) is 2. The van der Waals surface area contributed by atoms with E-state index in [4.69, 9.17) is 0 Å². The predicted octanol–water partition coefficient (Wildman–Crippen LogP) is 3.78. The maximum absolute atomic E-state index is 13.7. The molecule has 2 N–H and O–H groups in total. The summed E-state index contributed by atoms with van der Waals surface area (Å²) in [7, 11) is 0. The monoisotopic (exact) mass is 269 g/mol. The molecule has 0 aromatic carbocycles. The molecule has 0 bridgehead atoms. The zero-order chi connectivity index (χ0) is 13.9. The van der Waals surface area contributed by atoms with E-state index in [-0.39, 0.29) is 17.1 Å². The summed E-state index contributed by atoms with van der Waals surface area (Å²) in [6.45, 7) is 5.26. The SMILES string of the molecule is CCNc1nc(NCC2(C)CCCC2)c(F)cc1F. The number of aromatic nitrogens is 1. The van der Waals surface area contributed by atoms with Gasteiger partial charge in [-0.1, -0.05) is 19.8 Å². The maximum atomic E-state index is 13.7. The average Bonchev–Trinajstić information content (AvgIpc) is 2.79. The van der Waals surface area contributed by atoms with Gasteiger partial charge in [0, 0.05) is 19.2 Å². The minimum absolute atomic E-state index is 0.1000. The van der Waals surface area contributed by atoms with Crippen LogP contribution in [-0.2, 0) is 0 Å². The number of halogens is 2. The third-order valence-electron chi connectivity index (χ3n) is 3.77. The zero-order valence-electron chi connectivity index (χ0n) is 11.5. The summed E-state index contributed by atoms with van der Waals surface area (Å²) in [5, 5.41) is 5.82. The van der Waals surface area contributed by atoms with Crippen molar-refractivity contribution in [1.29, 1.82) is 0 Å². The first-order valence-corrected chi connectivity index (χ1v) is 6.88. The molecule has 5 heteroatoms. The summed E-state index contributed by atoms with van der Waals surface area (Å²) >= 11 is 0. The maximum Gasteiger partial charge on any atom is 0.168 e. The van der Waals surface area contributed by atoms with Gasteiger partial charge < -0.3 is 10.6 Å². The molecule has 2 rings (SSSR count). The molecule has 1 heterocycles. The molecule has 0 aliphatic heterocycles. The molecule has 1 aliphatic carbocycles. The molecule has 1 aromatic heterocycles. The Kier molecular flexibility index (Phi) is 4.22. The van der Waals surface area contributed by atoms with E-state index in [0.717, 1.165) is 18.9 Å². The molecule has 1 aliphatic rings. The van der Waals surface area contributed by atoms with Crippen LogP contribution >= 0.6 is 0 Å². The van der Waals surface area contributed by atoms with E-state index in [0.29, 0.717) is 13.1 Å². The molecule has 0 saturated heterocycles. The van der Waals surface area contributed by atoms with E-state index in [9.17, 15) is 8.78 Å². The van der Waals surface area contributed by atoms with Crippen LogP contribution in [0.1, 0.15) is 39.5 Å². The van der Waals surface area contributed by atoms with Crippen LogP contribution in [0.2, 0.25) is 0 Å². The largest absolute Gasteiger partial charge is 0.368 e. The van der Waals surface area contributed by atoms with Crippen LogP contribution in [0.25, 0.3) is 0 Å². The second-order valence-electron chi connectivity index (χ2n) is 5.55. The van der Waals surface area contributed by atoms with E-state index in [1.165, 1.54) is 12.8 Å². The summed E-state index contributed by atoms with van der Waals surface area (Å²) < 4.78 is 27.1. The number of hydrogen-bond acceptors (Lipinski definition) is 3. The molecule has 1 aromatic rings. The number of nitrogens with zero attached hydrogens (tertiary/aromatic N) is 1. The molecule has 0 radical (unpaired) electrons. The van der Waals surface area contributed by atoms with Gasteiger partial charge in [-0.05, 0) is 25.2 Å². The number of nitrogens with one attached hydrogen (secondary N) is 2. The third-order valence-corrected chi connectivity index (χ3v) is 3.77. The minimum atomic E-state index is -0.656. The Morgan fingerprint density at radius 1 is 1.16 bits per heavy atom. The van der Waals surface area contributed by atoms with Gasteiger partial charge >= 0.3 is 0 Å². The van der Waals surface area contributed by atoms with Gasteiger partial charge in [0.1, 0.15) is 0 Å². The van der Waals surface area contributed by atoms with Gasteiger partial charge in [-0.25, -0.2) is 13.8 Å². The molecule has 0 atom stereocenters. The highest BCUT2D eigenvalue weighted by molar-refractivity contribution is 5.47. The van der Waals surface area contributed by atoms with Crippen LogP contribution in [-0.4, -0.2) is 18.1 Å². The van der Waals surface area contributed by atoms with E-state index < -0.39 is 11.6 Å². The summed E-state index contributed by atoms with van der Waals surface area (Å²) in [6.07, 6.45) is 4.73. The summed E-state index contributed by atoms with van der Waals surface area (Å²) in [4.78, 5) is 3.98. The van der Waals surface area contributed by atoms with Gasteiger partial charge in [0.15, 0.2) is 23.3 Å². The predicted molar refractivity (Wildman–Crippen MR) is 73.4 cm³/mol. The fraction of sp³-hybridized carbons (Fsp3) is 0.643.